The summed E-state index contributed by atoms with van der Waals surface area (Å²) in [5, 5.41) is 0.145. The summed E-state index contributed by atoms with van der Waals surface area (Å²) in [5.74, 6) is 0. The van der Waals surface area contributed by atoms with E-state index in [-0.39, 0.29) is 17.8 Å². The quantitative estimate of drug-likeness (QED) is 0.678. The third kappa shape index (κ3) is 2.02. The standard InChI is InChI=1S/C9H7F3N2.ClH/c10-9(11,12)7-4-14-8-3-5(13)1-2-6(7)8;/h1-4,14H,13H2;1H. The summed E-state index contributed by atoms with van der Waals surface area (Å²) in [4.78, 5) is 2.54. The van der Waals surface area contributed by atoms with Crippen LogP contribution in [-0.2, 0) is 6.18 Å². The molecule has 0 saturated carbocycles. The number of fused-ring (bicyclic) bond motifs is 1. The van der Waals surface area contributed by atoms with Gasteiger partial charge in [-0.1, -0.05) is 6.07 Å². The third-order valence-electron chi connectivity index (χ3n) is 2.01. The monoisotopic (exact) mass is 236 g/mol. The average Bonchev–Trinajstić information content (AvgIpc) is 2.45. The molecule has 2 nitrogen and oxygen atoms in total. The van der Waals surface area contributed by atoms with Gasteiger partial charge in [0.25, 0.3) is 0 Å². The molecule has 1 aromatic carbocycles. The summed E-state index contributed by atoms with van der Waals surface area (Å²) in [5.41, 5.74) is 5.62. The number of nitrogen functional groups attached to an aromatic ring is 1. The summed E-state index contributed by atoms with van der Waals surface area (Å²) in [7, 11) is 0. The lowest BCUT2D eigenvalue weighted by atomic mass is 10.1. The van der Waals surface area contributed by atoms with Gasteiger partial charge < -0.3 is 10.7 Å². The SMILES string of the molecule is Cl.Nc1ccc2c(C(F)(F)F)c[nH]c2c1. The first-order valence-electron chi connectivity index (χ1n) is 3.92. The van der Waals surface area contributed by atoms with E-state index in [1.165, 1.54) is 18.2 Å². The molecule has 0 saturated heterocycles. The molecule has 0 radical (unpaired) electrons. The molecule has 0 atom stereocenters. The fraction of sp³-hybridized carbons (Fsp3) is 0.111. The fourth-order valence-electron chi connectivity index (χ4n) is 1.38. The number of H-pyrrole nitrogens is 1. The molecule has 0 aliphatic carbocycles. The molecule has 6 heteroatoms. The van der Waals surface area contributed by atoms with Gasteiger partial charge in [0, 0.05) is 22.8 Å². The Morgan fingerprint density at radius 3 is 2.47 bits per heavy atom. The Morgan fingerprint density at radius 2 is 1.87 bits per heavy atom. The normalized spacial score (nSPS) is 11.4. The lowest BCUT2D eigenvalue weighted by molar-refractivity contribution is -0.136. The van der Waals surface area contributed by atoms with Crippen molar-refractivity contribution < 1.29 is 13.2 Å². The maximum absolute atomic E-state index is 12.4. The smallest absolute Gasteiger partial charge is 0.399 e. The van der Waals surface area contributed by atoms with E-state index in [1.54, 1.807) is 0 Å². The molecule has 1 heterocycles. The predicted molar refractivity (Wildman–Crippen MR) is 55.0 cm³/mol. The zero-order chi connectivity index (χ0) is 10.3. The lowest BCUT2D eigenvalue weighted by Gasteiger charge is -2.03. The Kier molecular flexibility index (Phi) is 2.86. The number of nitrogens with one attached hydrogen (secondary N) is 1. The lowest BCUT2D eigenvalue weighted by Crippen LogP contribution is -2.03. The molecular weight excluding hydrogens is 229 g/mol. The van der Waals surface area contributed by atoms with Gasteiger partial charge >= 0.3 is 6.18 Å². The molecule has 0 aliphatic rings. The molecule has 1 aromatic heterocycles. The molecule has 0 spiro atoms. The van der Waals surface area contributed by atoms with Crippen LogP contribution in [0.4, 0.5) is 18.9 Å². The van der Waals surface area contributed by atoms with Crippen LogP contribution < -0.4 is 5.73 Å². The minimum absolute atomic E-state index is 0. The first-order chi connectivity index (χ1) is 6.48. The Balaban J connectivity index is 0.00000112. The van der Waals surface area contributed by atoms with E-state index >= 15 is 0 Å². The Morgan fingerprint density at radius 1 is 1.20 bits per heavy atom. The second kappa shape index (κ2) is 3.66. The predicted octanol–water partition coefficient (Wildman–Crippen LogP) is 3.19. The van der Waals surface area contributed by atoms with Gasteiger partial charge in [0.1, 0.15) is 0 Å². The highest BCUT2D eigenvalue weighted by Gasteiger charge is 2.33. The molecule has 0 fully saturated rings. The van der Waals surface area contributed by atoms with Crippen LogP contribution in [0.25, 0.3) is 10.9 Å². The van der Waals surface area contributed by atoms with E-state index in [1.807, 2.05) is 0 Å². The van der Waals surface area contributed by atoms with E-state index in [4.69, 9.17) is 5.73 Å². The summed E-state index contributed by atoms with van der Waals surface area (Å²) in [6, 6.07) is 4.29. The minimum atomic E-state index is -4.33. The summed E-state index contributed by atoms with van der Waals surface area (Å²) in [6.07, 6.45) is -3.38. The van der Waals surface area contributed by atoms with Gasteiger partial charge in [0.2, 0.25) is 0 Å². The number of hydrogen-bond acceptors (Lipinski definition) is 1. The molecule has 0 bridgehead atoms. The van der Waals surface area contributed by atoms with Crippen molar-refractivity contribution in [3.05, 3.63) is 30.0 Å². The molecule has 0 unspecified atom stereocenters. The molecule has 2 rings (SSSR count). The van der Waals surface area contributed by atoms with Crippen molar-refractivity contribution in [2.45, 2.75) is 6.18 Å². The van der Waals surface area contributed by atoms with Crippen molar-refractivity contribution in [2.75, 3.05) is 5.73 Å². The second-order valence-electron chi connectivity index (χ2n) is 3.01. The van der Waals surface area contributed by atoms with Crippen LogP contribution in [0.2, 0.25) is 0 Å². The number of rotatable bonds is 0. The number of aromatic amines is 1. The maximum Gasteiger partial charge on any atom is 0.418 e. The van der Waals surface area contributed by atoms with Crippen LogP contribution in [0.15, 0.2) is 24.4 Å². The number of anilines is 1. The van der Waals surface area contributed by atoms with E-state index in [2.05, 4.69) is 4.98 Å². The second-order valence-corrected chi connectivity index (χ2v) is 3.01. The summed E-state index contributed by atoms with van der Waals surface area (Å²) < 4.78 is 37.2. The number of alkyl halides is 3. The van der Waals surface area contributed by atoms with E-state index in [0.717, 1.165) is 6.20 Å². The minimum Gasteiger partial charge on any atom is -0.399 e. The largest absolute Gasteiger partial charge is 0.418 e. The van der Waals surface area contributed by atoms with Gasteiger partial charge in [-0.3, -0.25) is 0 Å². The van der Waals surface area contributed by atoms with Crippen molar-refractivity contribution >= 4 is 29.0 Å². The summed E-state index contributed by atoms with van der Waals surface area (Å²) >= 11 is 0. The number of benzene rings is 1. The number of halogens is 4. The topological polar surface area (TPSA) is 41.8 Å². The fourth-order valence-corrected chi connectivity index (χ4v) is 1.38. The van der Waals surface area contributed by atoms with Gasteiger partial charge in [-0.2, -0.15) is 13.2 Å². The Bertz CT molecular complexity index is 476. The molecular formula is C9H8ClF3N2. The highest BCUT2D eigenvalue weighted by atomic mass is 35.5. The van der Waals surface area contributed by atoms with Crippen LogP contribution in [0.5, 0.6) is 0 Å². The van der Waals surface area contributed by atoms with Crippen molar-refractivity contribution in [1.82, 2.24) is 4.98 Å². The number of hydrogen-bond donors (Lipinski definition) is 2. The third-order valence-corrected chi connectivity index (χ3v) is 2.01. The Hall–Kier alpha value is -1.36. The van der Waals surface area contributed by atoms with Gasteiger partial charge in [-0.05, 0) is 12.1 Å². The zero-order valence-corrected chi connectivity index (χ0v) is 8.25. The van der Waals surface area contributed by atoms with E-state index in [9.17, 15) is 13.2 Å². The number of nitrogens with two attached hydrogens (primary N) is 1. The van der Waals surface area contributed by atoms with E-state index < -0.39 is 11.7 Å². The average molecular weight is 237 g/mol. The number of aromatic nitrogens is 1. The highest BCUT2D eigenvalue weighted by molar-refractivity contribution is 5.86. The first kappa shape index (κ1) is 11.7. The van der Waals surface area contributed by atoms with Crippen LogP contribution in [-0.4, -0.2) is 4.98 Å². The zero-order valence-electron chi connectivity index (χ0n) is 7.43. The van der Waals surface area contributed by atoms with Crippen molar-refractivity contribution in [3.8, 4) is 0 Å². The van der Waals surface area contributed by atoms with Gasteiger partial charge in [0.05, 0.1) is 5.56 Å². The Labute approximate surface area is 89.7 Å². The van der Waals surface area contributed by atoms with Crippen molar-refractivity contribution in [1.29, 1.82) is 0 Å². The van der Waals surface area contributed by atoms with E-state index in [0.29, 0.717) is 11.2 Å². The molecule has 82 valence electrons. The van der Waals surface area contributed by atoms with Crippen LogP contribution in [0, 0.1) is 0 Å². The molecule has 0 aliphatic heterocycles. The molecule has 3 N–H and O–H groups in total. The summed E-state index contributed by atoms with van der Waals surface area (Å²) in [6.45, 7) is 0. The van der Waals surface area contributed by atoms with Crippen LogP contribution in [0.1, 0.15) is 5.56 Å². The van der Waals surface area contributed by atoms with Crippen LogP contribution >= 0.6 is 12.4 Å². The van der Waals surface area contributed by atoms with Crippen molar-refractivity contribution in [2.24, 2.45) is 0 Å². The van der Waals surface area contributed by atoms with Crippen LogP contribution in [0.3, 0.4) is 0 Å². The maximum atomic E-state index is 12.4. The van der Waals surface area contributed by atoms with Gasteiger partial charge in [0.15, 0.2) is 0 Å². The molecule has 2 aromatic rings. The van der Waals surface area contributed by atoms with Gasteiger partial charge in [-0.15, -0.1) is 12.4 Å². The van der Waals surface area contributed by atoms with Crippen molar-refractivity contribution in [3.63, 3.8) is 0 Å². The molecule has 0 amide bonds. The first-order valence-corrected chi connectivity index (χ1v) is 3.92. The van der Waals surface area contributed by atoms with Gasteiger partial charge in [-0.25, -0.2) is 0 Å². The highest BCUT2D eigenvalue weighted by Crippen LogP contribution is 2.35. The molecule has 15 heavy (non-hydrogen) atoms.